The average Bonchev–Trinajstić information content (AvgIpc) is 2.73. The van der Waals surface area contributed by atoms with E-state index in [9.17, 15) is 0 Å². The van der Waals surface area contributed by atoms with Gasteiger partial charge in [0.1, 0.15) is 0 Å². The van der Waals surface area contributed by atoms with E-state index in [0.29, 0.717) is 6.04 Å². The Bertz CT molecular complexity index is 323. The molecule has 1 aromatic carbocycles. The lowest BCUT2D eigenvalue weighted by atomic mass is 10.1. The Morgan fingerprint density at radius 2 is 2.12 bits per heavy atom. The van der Waals surface area contributed by atoms with Crippen LogP contribution in [0, 0.1) is 5.92 Å². The average molecular weight is 232 g/mol. The lowest BCUT2D eigenvalue weighted by molar-refractivity contribution is 0.299. The third-order valence-corrected chi connectivity index (χ3v) is 3.65. The van der Waals surface area contributed by atoms with Crippen molar-refractivity contribution < 1.29 is 0 Å². The van der Waals surface area contributed by atoms with Crippen LogP contribution in [0.1, 0.15) is 25.3 Å². The minimum atomic E-state index is 0.320. The lowest BCUT2D eigenvalue weighted by Crippen LogP contribution is -2.36. The van der Waals surface area contributed by atoms with Crippen molar-refractivity contribution in [3.05, 3.63) is 35.9 Å². The molecule has 0 spiro atoms. The van der Waals surface area contributed by atoms with E-state index in [1.165, 1.54) is 25.1 Å². The van der Waals surface area contributed by atoms with E-state index in [4.69, 9.17) is 5.73 Å². The Morgan fingerprint density at radius 3 is 2.76 bits per heavy atom. The van der Waals surface area contributed by atoms with Crippen LogP contribution in [0.15, 0.2) is 30.3 Å². The lowest BCUT2D eigenvalue weighted by Gasteiger charge is -2.20. The molecule has 2 atom stereocenters. The summed E-state index contributed by atoms with van der Waals surface area (Å²) in [5, 5.41) is 0. The van der Waals surface area contributed by atoms with Gasteiger partial charge >= 0.3 is 0 Å². The van der Waals surface area contributed by atoms with Gasteiger partial charge in [-0.3, -0.25) is 0 Å². The van der Waals surface area contributed by atoms with Gasteiger partial charge in [0, 0.05) is 19.1 Å². The molecule has 2 heteroatoms. The first-order valence-corrected chi connectivity index (χ1v) is 6.76. The van der Waals surface area contributed by atoms with Gasteiger partial charge in [0.25, 0.3) is 0 Å². The third-order valence-electron chi connectivity index (χ3n) is 3.65. The molecule has 1 aliphatic heterocycles. The van der Waals surface area contributed by atoms with Gasteiger partial charge in [0.05, 0.1) is 0 Å². The molecule has 0 bridgehead atoms. The largest absolute Gasteiger partial charge is 0.327 e. The molecular weight excluding hydrogens is 208 g/mol. The van der Waals surface area contributed by atoms with Gasteiger partial charge in [0.15, 0.2) is 0 Å². The zero-order valence-corrected chi connectivity index (χ0v) is 10.8. The van der Waals surface area contributed by atoms with Gasteiger partial charge < -0.3 is 10.6 Å². The molecule has 0 saturated carbocycles. The molecule has 1 aromatic rings. The minimum absolute atomic E-state index is 0.320. The van der Waals surface area contributed by atoms with E-state index in [0.717, 1.165) is 25.3 Å². The first-order valence-electron chi connectivity index (χ1n) is 6.76. The van der Waals surface area contributed by atoms with Crippen molar-refractivity contribution >= 4 is 0 Å². The van der Waals surface area contributed by atoms with Crippen LogP contribution in [0.25, 0.3) is 0 Å². The smallest absolute Gasteiger partial charge is 0.0170 e. The molecule has 1 aliphatic rings. The first kappa shape index (κ1) is 12.6. The molecule has 0 aromatic heterocycles. The van der Waals surface area contributed by atoms with E-state index < -0.39 is 0 Å². The molecule has 94 valence electrons. The zero-order chi connectivity index (χ0) is 12.1. The van der Waals surface area contributed by atoms with Crippen LogP contribution in [0.2, 0.25) is 0 Å². The molecule has 2 unspecified atom stereocenters. The maximum Gasteiger partial charge on any atom is 0.0170 e. The highest BCUT2D eigenvalue weighted by Crippen LogP contribution is 2.15. The molecule has 1 fully saturated rings. The number of aryl methyl sites for hydroxylation is 1. The Balaban J connectivity index is 1.69. The predicted molar refractivity (Wildman–Crippen MR) is 73.0 cm³/mol. The molecule has 0 amide bonds. The Morgan fingerprint density at radius 1 is 1.35 bits per heavy atom. The second kappa shape index (κ2) is 6.18. The van der Waals surface area contributed by atoms with Crippen molar-refractivity contribution in [2.75, 3.05) is 19.6 Å². The second-order valence-corrected chi connectivity index (χ2v) is 5.44. The summed E-state index contributed by atoms with van der Waals surface area (Å²) in [7, 11) is 0. The summed E-state index contributed by atoms with van der Waals surface area (Å²) in [6, 6.07) is 11.0. The predicted octanol–water partition coefficient (Wildman–Crippen LogP) is 2.29. The van der Waals surface area contributed by atoms with Crippen molar-refractivity contribution in [3.63, 3.8) is 0 Å². The summed E-state index contributed by atoms with van der Waals surface area (Å²) in [5.74, 6) is 0.858. The highest BCUT2D eigenvalue weighted by Gasteiger charge is 2.19. The Hall–Kier alpha value is -0.860. The fourth-order valence-corrected chi connectivity index (χ4v) is 2.61. The maximum absolute atomic E-state index is 6.21. The number of benzene rings is 1. The van der Waals surface area contributed by atoms with Crippen molar-refractivity contribution in [2.24, 2.45) is 11.7 Å². The van der Waals surface area contributed by atoms with Crippen LogP contribution in [0.3, 0.4) is 0 Å². The number of hydrogen-bond donors (Lipinski definition) is 1. The minimum Gasteiger partial charge on any atom is -0.327 e. The fourth-order valence-electron chi connectivity index (χ4n) is 2.61. The summed E-state index contributed by atoms with van der Waals surface area (Å²) in [4.78, 5) is 2.51. The fraction of sp³-hybridized carbons (Fsp3) is 0.600. The van der Waals surface area contributed by atoms with Crippen molar-refractivity contribution in [1.29, 1.82) is 0 Å². The number of rotatable bonds is 5. The molecular formula is C15H24N2. The SMILES string of the molecule is CC1CCN(CC(N)CCc2ccccc2)C1. The zero-order valence-electron chi connectivity index (χ0n) is 10.8. The summed E-state index contributed by atoms with van der Waals surface area (Å²) in [6.07, 6.45) is 3.53. The standard InChI is InChI=1S/C15H24N2/c1-13-9-10-17(11-13)12-15(16)8-7-14-5-3-2-4-6-14/h2-6,13,15H,7-12,16H2,1H3. The van der Waals surface area contributed by atoms with Crippen LogP contribution in [0.4, 0.5) is 0 Å². The molecule has 17 heavy (non-hydrogen) atoms. The number of likely N-dealkylation sites (tertiary alicyclic amines) is 1. The molecule has 1 saturated heterocycles. The van der Waals surface area contributed by atoms with Gasteiger partial charge in [-0.15, -0.1) is 0 Å². The first-order chi connectivity index (χ1) is 8.24. The van der Waals surface area contributed by atoms with Gasteiger partial charge in [0.2, 0.25) is 0 Å². The Labute approximate surface area is 105 Å². The van der Waals surface area contributed by atoms with Crippen molar-refractivity contribution in [3.8, 4) is 0 Å². The summed E-state index contributed by atoms with van der Waals surface area (Å²) >= 11 is 0. The number of nitrogens with two attached hydrogens (primary N) is 1. The van der Waals surface area contributed by atoms with Crippen LogP contribution in [-0.4, -0.2) is 30.6 Å². The van der Waals surface area contributed by atoms with E-state index in [2.05, 4.69) is 42.2 Å². The second-order valence-electron chi connectivity index (χ2n) is 5.44. The van der Waals surface area contributed by atoms with E-state index in [1.54, 1.807) is 0 Å². The van der Waals surface area contributed by atoms with Crippen LogP contribution in [-0.2, 0) is 6.42 Å². The molecule has 2 rings (SSSR count). The summed E-state index contributed by atoms with van der Waals surface area (Å²) < 4.78 is 0. The van der Waals surface area contributed by atoms with E-state index in [1.807, 2.05) is 0 Å². The highest BCUT2D eigenvalue weighted by atomic mass is 15.2. The van der Waals surface area contributed by atoms with E-state index >= 15 is 0 Å². The van der Waals surface area contributed by atoms with Crippen molar-refractivity contribution in [2.45, 2.75) is 32.2 Å². The van der Waals surface area contributed by atoms with Crippen LogP contribution >= 0.6 is 0 Å². The van der Waals surface area contributed by atoms with Crippen molar-refractivity contribution in [1.82, 2.24) is 4.90 Å². The molecule has 1 heterocycles. The van der Waals surface area contributed by atoms with Gasteiger partial charge in [-0.2, -0.15) is 0 Å². The Kier molecular flexibility index (Phi) is 4.57. The molecule has 0 radical (unpaired) electrons. The number of hydrogen-bond acceptors (Lipinski definition) is 2. The normalized spacial score (nSPS) is 22.8. The monoisotopic (exact) mass is 232 g/mol. The van der Waals surface area contributed by atoms with Gasteiger partial charge in [-0.05, 0) is 37.3 Å². The van der Waals surface area contributed by atoms with Gasteiger partial charge in [-0.25, -0.2) is 0 Å². The van der Waals surface area contributed by atoms with Crippen LogP contribution in [0.5, 0.6) is 0 Å². The van der Waals surface area contributed by atoms with Crippen LogP contribution < -0.4 is 5.73 Å². The van der Waals surface area contributed by atoms with Gasteiger partial charge in [-0.1, -0.05) is 37.3 Å². The highest BCUT2D eigenvalue weighted by molar-refractivity contribution is 5.14. The topological polar surface area (TPSA) is 29.3 Å². The summed E-state index contributed by atoms with van der Waals surface area (Å²) in [6.45, 7) is 5.87. The van der Waals surface area contributed by atoms with E-state index in [-0.39, 0.29) is 0 Å². The third kappa shape index (κ3) is 4.14. The molecule has 2 N–H and O–H groups in total. The maximum atomic E-state index is 6.21. The molecule has 0 aliphatic carbocycles. The molecule has 2 nitrogen and oxygen atoms in total. The number of nitrogens with zero attached hydrogens (tertiary/aromatic N) is 1. The summed E-state index contributed by atoms with van der Waals surface area (Å²) in [5.41, 5.74) is 7.61. The quantitative estimate of drug-likeness (QED) is 0.844.